The molecule has 24 heavy (non-hydrogen) atoms. The molecule has 0 saturated heterocycles. The minimum absolute atomic E-state index is 0.0556. The monoisotopic (exact) mass is 336 g/mol. The maximum absolute atomic E-state index is 11.1. The molecule has 7 heteroatoms. The molecule has 2 rings (SSSR count). The van der Waals surface area contributed by atoms with E-state index in [1.165, 1.54) is 6.07 Å². The van der Waals surface area contributed by atoms with Crippen LogP contribution in [0.15, 0.2) is 18.2 Å². The lowest BCUT2D eigenvalue weighted by atomic mass is 10.1. The molecule has 0 aliphatic carbocycles. The molecule has 0 bridgehead atoms. The predicted octanol–water partition coefficient (Wildman–Crippen LogP) is 1.62. The van der Waals surface area contributed by atoms with Gasteiger partial charge in [-0.05, 0) is 51.0 Å². The minimum Gasteiger partial charge on any atom is -0.508 e. The number of phenols is 1. The highest BCUT2D eigenvalue weighted by atomic mass is 16.6. The number of fused-ring (bicyclic) bond motifs is 1. The summed E-state index contributed by atoms with van der Waals surface area (Å²) in [5.41, 5.74) is 6.00. The maximum Gasteiger partial charge on any atom is 0.306 e. The van der Waals surface area contributed by atoms with Crippen LogP contribution in [-0.4, -0.2) is 28.5 Å². The molecule has 0 spiro atoms. The molecular formula is C17H24N2O5. The third-order valence-electron chi connectivity index (χ3n) is 3.00. The van der Waals surface area contributed by atoms with Gasteiger partial charge in [-0.3, -0.25) is 14.4 Å². The first-order valence-electron chi connectivity index (χ1n) is 7.69. The lowest BCUT2D eigenvalue weighted by Gasteiger charge is -2.19. The van der Waals surface area contributed by atoms with E-state index in [2.05, 4.69) is 5.32 Å². The van der Waals surface area contributed by atoms with Crippen molar-refractivity contribution in [3.8, 4) is 5.75 Å². The number of nitrogens with one attached hydrogen (secondary N) is 1. The Labute approximate surface area is 141 Å². The highest BCUT2D eigenvalue weighted by molar-refractivity contribution is 5.98. The van der Waals surface area contributed by atoms with Crippen molar-refractivity contribution < 1.29 is 24.2 Å². The summed E-state index contributed by atoms with van der Waals surface area (Å²) >= 11 is 0. The molecule has 1 aliphatic heterocycles. The normalized spacial score (nSPS) is 12.5. The number of carbonyl (C=O) groups excluding carboxylic acids is 3. The molecule has 132 valence electrons. The number of benzene rings is 1. The van der Waals surface area contributed by atoms with E-state index < -0.39 is 5.60 Å². The van der Waals surface area contributed by atoms with Crippen LogP contribution >= 0.6 is 0 Å². The fourth-order valence-corrected chi connectivity index (χ4v) is 2.02. The average Bonchev–Trinajstić information content (AvgIpc) is 2.78. The Morgan fingerprint density at radius 2 is 1.96 bits per heavy atom. The molecule has 0 unspecified atom stereocenters. The van der Waals surface area contributed by atoms with Crippen LogP contribution in [0.1, 0.15) is 56.0 Å². The van der Waals surface area contributed by atoms with Gasteiger partial charge in [0.2, 0.25) is 5.91 Å². The van der Waals surface area contributed by atoms with Gasteiger partial charge in [0.05, 0.1) is 0 Å². The van der Waals surface area contributed by atoms with Crippen molar-refractivity contribution in [2.75, 3.05) is 0 Å². The quantitative estimate of drug-likeness (QED) is 0.722. The molecule has 0 radical (unpaired) electrons. The number of rotatable bonds is 4. The number of ether oxygens (including phenoxy) is 1. The highest BCUT2D eigenvalue weighted by Crippen LogP contribution is 2.20. The van der Waals surface area contributed by atoms with Crippen LogP contribution in [0, 0.1) is 0 Å². The van der Waals surface area contributed by atoms with Crippen LogP contribution in [-0.2, 0) is 20.9 Å². The third kappa shape index (κ3) is 7.13. The molecule has 1 aliphatic rings. The average molecular weight is 336 g/mol. The summed E-state index contributed by atoms with van der Waals surface area (Å²) in [6, 6.07) is 4.75. The predicted molar refractivity (Wildman–Crippen MR) is 88.2 cm³/mol. The van der Waals surface area contributed by atoms with E-state index in [1.807, 2.05) is 0 Å². The molecule has 7 nitrogen and oxygen atoms in total. The summed E-state index contributed by atoms with van der Waals surface area (Å²) in [5, 5.41) is 11.7. The number of amides is 2. The van der Waals surface area contributed by atoms with Crippen LogP contribution in [0.25, 0.3) is 0 Å². The Balaban J connectivity index is 0.000000242. The fourth-order valence-electron chi connectivity index (χ4n) is 2.02. The SMILES string of the molecule is CC(C)(C)OC(=O)CCCC(N)=O.O=C1NCc2cc(O)ccc21. The number of aromatic hydroxyl groups is 1. The number of primary amides is 1. The van der Waals surface area contributed by atoms with E-state index in [-0.39, 0.29) is 36.4 Å². The van der Waals surface area contributed by atoms with Crippen molar-refractivity contribution in [3.63, 3.8) is 0 Å². The van der Waals surface area contributed by atoms with Crippen molar-refractivity contribution in [1.29, 1.82) is 0 Å². The Morgan fingerprint density at radius 1 is 1.29 bits per heavy atom. The standard InChI is InChI=1S/C9H17NO3.C8H7NO2/c1-9(2,3)13-8(12)6-4-5-7(10)11;10-6-1-2-7-5(3-6)4-9-8(7)11/h4-6H2,1-3H3,(H2,10,11);1-3,10H,4H2,(H,9,11). The number of esters is 1. The topological polar surface area (TPSA) is 119 Å². The van der Waals surface area contributed by atoms with Gasteiger partial charge in [-0.25, -0.2) is 0 Å². The lowest BCUT2D eigenvalue weighted by Crippen LogP contribution is -2.24. The van der Waals surface area contributed by atoms with E-state index in [9.17, 15) is 14.4 Å². The molecule has 0 saturated carbocycles. The zero-order valence-corrected chi connectivity index (χ0v) is 14.2. The van der Waals surface area contributed by atoms with E-state index >= 15 is 0 Å². The second-order valence-electron chi connectivity index (χ2n) is 6.43. The number of carbonyl (C=O) groups is 3. The van der Waals surface area contributed by atoms with Gasteiger partial charge in [0, 0.05) is 24.9 Å². The summed E-state index contributed by atoms with van der Waals surface area (Å²) in [6.07, 6.45) is 0.948. The van der Waals surface area contributed by atoms with Crippen LogP contribution in [0.5, 0.6) is 5.75 Å². The summed E-state index contributed by atoms with van der Waals surface area (Å²) in [4.78, 5) is 32.4. The molecule has 0 fully saturated rings. The molecule has 1 heterocycles. The number of phenolic OH excluding ortho intramolecular Hbond substituents is 1. The summed E-state index contributed by atoms with van der Waals surface area (Å²) < 4.78 is 5.03. The van der Waals surface area contributed by atoms with Gasteiger partial charge in [0.1, 0.15) is 11.4 Å². The van der Waals surface area contributed by atoms with Crippen LogP contribution in [0.3, 0.4) is 0 Å². The van der Waals surface area contributed by atoms with Gasteiger partial charge in [-0.15, -0.1) is 0 Å². The van der Waals surface area contributed by atoms with Crippen molar-refractivity contribution in [1.82, 2.24) is 5.32 Å². The van der Waals surface area contributed by atoms with Crippen LogP contribution in [0.4, 0.5) is 0 Å². The van der Waals surface area contributed by atoms with Gasteiger partial charge in [0.15, 0.2) is 0 Å². The van der Waals surface area contributed by atoms with Gasteiger partial charge in [-0.2, -0.15) is 0 Å². The number of hydrogen-bond acceptors (Lipinski definition) is 5. The zero-order valence-electron chi connectivity index (χ0n) is 14.2. The zero-order chi connectivity index (χ0) is 18.3. The second kappa shape index (κ2) is 8.33. The number of nitrogens with two attached hydrogens (primary N) is 1. The first-order valence-corrected chi connectivity index (χ1v) is 7.69. The summed E-state index contributed by atoms with van der Waals surface area (Å²) in [6.45, 7) is 5.94. The molecule has 2 amide bonds. The Bertz CT molecular complexity index is 620. The van der Waals surface area contributed by atoms with Crippen molar-refractivity contribution in [3.05, 3.63) is 29.3 Å². The Hall–Kier alpha value is -2.57. The Kier molecular flexibility index (Phi) is 6.76. The van der Waals surface area contributed by atoms with Gasteiger partial charge < -0.3 is 20.9 Å². The first kappa shape index (κ1) is 19.5. The fraction of sp³-hybridized carbons (Fsp3) is 0.471. The minimum atomic E-state index is -0.455. The van der Waals surface area contributed by atoms with Gasteiger partial charge in [-0.1, -0.05) is 0 Å². The molecule has 1 aromatic rings. The van der Waals surface area contributed by atoms with E-state index in [0.29, 0.717) is 18.5 Å². The molecule has 4 N–H and O–H groups in total. The van der Waals surface area contributed by atoms with E-state index in [4.69, 9.17) is 15.6 Å². The van der Waals surface area contributed by atoms with Gasteiger partial charge in [0.25, 0.3) is 5.91 Å². The van der Waals surface area contributed by atoms with Crippen molar-refractivity contribution in [2.45, 2.75) is 52.2 Å². The summed E-state index contributed by atoms with van der Waals surface area (Å²) in [5.74, 6) is -0.516. The van der Waals surface area contributed by atoms with Crippen molar-refractivity contribution in [2.24, 2.45) is 5.73 Å². The van der Waals surface area contributed by atoms with Crippen LogP contribution < -0.4 is 11.1 Å². The highest BCUT2D eigenvalue weighted by Gasteiger charge is 2.18. The smallest absolute Gasteiger partial charge is 0.306 e. The molecule has 0 aromatic heterocycles. The largest absolute Gasteiger partial charge is 0.508 e. The first-order chi connectivity index (χ1) is 11.1. The maximum atomic E-state index is 11.1. The molecule has 0 atom stereocenters. The molecule has 1 aromatic carbocycles. The van der Waals surface area contributed by atoms with Crippen LogP contribution in [0.2, 0.25) is 0 Å². The van der Waals surface area contributed by atoms with E-state index in [1.54, 1.807) is 32.9 Å². The molecular weight excluding hydrogens is 312 g/mol. The second-order valence-corrected chi connectivity index (χ2v) is 6.43. The summed E-state index contributed by atoms with van der Waals surface area (Å²) in [7, 11) is 0. The van der Waals surface area contributed by atoms with Gasteiger partial charge >= 0.3 is 5.97 Å². The van der Waals surface area contributed by atoms with E-state index in [0.717, 1.165) is 5.56 Å². The lowest BCUT2D eigenvalue weighted by molar-refractivity contribution is -0.154. The Morgan fingerprint density at radius 3 is 2.54 bits per heavy atom. The third-order valence-corrected chi connectivity index (χ3v) is 3.00. The number of hydrogen-bond donors (Lipinski definition) is 3. The van der Waals surface area contributed by atoms with Crippen molar-refractivity contribution >= 4 is 17.8 Å².